The van der Waals surface area contributed by atoms with Crippen LogP contribution in [-0.2, 0) is 9.53 Å². The predicted octanol–water partition coefficient (Wildman–Crippen LogP) is 1.50. The van der Waals surface area contributed by atoms with Crippen LogP contribution in [0.15, 0.2) is 12.4 Å². The Morgan fingerprint density at radius 2 is 2.12 bits per heavy atom. The molecule has 7 heteroatoms. The molecular weight excluding hydrogens is 308 g/mol. The molecular formula is C17H26N4O3. The summed E-state index contributed by atoms with van der Waals surface area (Å²) in [5.74, 6) is 0.672. The molecule has 0 bridgehead atoms. The van der Waals surface area contributed by atoms with Crippen LogP contribution in [-0.4, -0.2) is 58.2 Å². The summed E-state index contributed by atoms with van der Waals surface area (Å²) < 4.78 is 5.80. The molecule has 0 radical (unpaired) electrons. The average Bonchev–Trinajstić information content (AvgIpc) is 2.62. The first-order chi connectivity index (χ1) is 11.6. The van der Waals surface area contributed by atoms with E-state index in [0.717, 1.165) is 32.1 Å². The standard InChI is InChI=1S/C17H26N4O3/c1-18-16-15(19-7-8-20-16)13-12-21(9-10-24-13)14(22)11-17(23)5-3-2-4-6-17/h7-8,13,23H,2-6,9-12H2,1H3,(H,18,20)/t13-/m0/s1. The van der Waals surface area contributed by atoms with Gasteiger partial charge >= 0.3 is 0 Å². The Labute approximate surface area is 142 Å². The molecule has 1 aliphatic carbocycles. The summed E-state index contributed by atoms with van der Waals surface area (Å²) in [6.45, 7) is 1.47. The monoisotopic (exact) mass is 334 g/mol. The number of hydrogen-bond donors (Lipinski definition) is 2. The molecule has 0 spiro atoms. The summed E-state index contributed by atoms with van der Waals surface area (Å²) in [6, 6.07) is 0. The highest BCUT2D eigenvalue weighted by Crippen LogP contribution is 2.32. The first-order valence-electron chi connectivity index (χ1n) is 8.72. The number of aromatic nitrogens is 2. The molecule has 2 aliphatic rings. The van der Waals surface area contributed by atoms with Crippen molar-refractivity contribution < 1.29 is 14.6 Å². The van der Waals surface area contributed by atoms with E-state index < -0.39 is 5.60 Å². The SMILES string of the molecule is CNc1nccnc1[C@@H]1CN(C(=O)CC2(O)CCCCC2)CCO1. The Hall–Kier alpha value is -1.73. The van der Waals surface area contributed by atoms with Gasteiger partial charge in [-0.1, -0.05) is 19.3 Å². The summed E-state index contributed by atoms with van der Waals surface area (Å²) in [6.07, 6.45) is 7.77. The zero-order chi connectivity index (χ0) is 17.0. The molecule has 3 rings (SSSR count). The van der Waals surface area contributed by atoms with E-state index in [1.165, 1.54) is 0 Å². The molecule has 2 N–H and O–H groups in total. The Bertz CT molecular complexity index is 575. The Kier molecular flexibility index (Phi) is 5.30. The molecule has 132 valence electrons. The highest BCUT2D eigenvalue weighted by Gasteiger charge is 2.35. The second kappa shape index (κ2) is 7.44. The van der Waals surface area contributed by atoms with Gasteiger partial charge < -0.3 is 20.1 Å². The molecule has 7 nitrogen and oxygen atoms in total. The third kappa shape index (κ3) is 3.84. The first kappa shape index (κ1) is 17.1. The molecule has 1 aliphatic heterocycles. The average molecular weight is 334 g/mol. The maximum atomic E-state index is 12.7. The number of aliphatic hydroxyl groups is 1. The predicted molar refractivity (Wildman–Crippen MR) is 89.5 cm³/mol. The smallest absolute Gasteiger partial charge is 0.225 e. The van der Waals surface area contributed by atoms with E-state index >= 15 is 0 Å². The van der Waals surface area contributed by atoms with Gasteiger partial charge in [-0.2, -0.15) is 0 Å². The van der Waals surface area contributed by atoms with Crippen LogP contribution in [0.25, 0.3) is 0 Å². The fourth-order valence-corrected chi connectivity index (χ4v) is 3.60. The zero-order valence-electron chi connectivity index (χ0n) is 14.2. The van der Waals surface area contributed by atoms with Crippen LogP contribution in [0.2, 0.25) is 0 Å². The van der Waals surface area contributed by atoms with Gasteiger partial charge in [0.25, 0.3) is 0 Å². The van der Waals surface area contributed by atoms with Crippen LogP contribution >= 0.6 is 0 Å². The highest BCUT2D eigenvalue weighted by molar-refractivity contribution is 5.77. The minimum Gasteiger partial charge on any atom is -0.389 e. The lowest BCUT2D eigenvalue weighted by Gasteiger charge is -2.37. The minimum absolute atomic E-state index is 0.00241. The number of carbonyl (C=O) groups excluding carboxylic acids is 1. The molecule has 1 amide bonds. The van der Waals surface area contributed by atoms with Crippen LogP contribution in [0.5, 0.6) is 0 Å². The molecule has 0 unspecified atom stereocenters. The van der Waals surface area contributed by atoms with Crippen LogP contribution < -0.4 is 5.32 Å². The molecule has 1 aromatic rings. The normalized spacial score (nSPS) is 23.8. The number of anilines is 1. The van der Waals surface area contributed by atoms with E-state index in [1.807, 2.05) is 0 Å². The highest BCUT2D eigenvalue weighted by atomic mass is 16.5. The minimum atomic E-state index is -0.828. The van der Waals surface area contributed by atoms with Crippen molar-refractivity contribution in [1.29, 1.82) is 0 Å². The van der Waals surface area contributed by atoms with Gasteiger partial charge in [0.15, 0.2) is 0 Å². The Morgan fingerprint density at radius 3 is 2.88 bits per heavy atom. The fourth-order valence-electron chi connectivity index (χ4n) is 3.60. The first-order valence-corrected chi connectivity index (χ1v) is 8.72. The molecule has 1 saturated carbocycles. The third-order valence-corrected chi connectivity index (χ3v) is 4.95. The van der Waals surface area contributed by atoms with Gasteiger partial charge in [-0.05, 0) is 12.8 Å². The Balaban J connectivity index is 1.65. The van der Waals surface area contributed by atoms with Gasteiger partial charge in [0.2, 0.25) is 5.91 Å². The lowest BCUT2D eigenvalue weighted by molar-refractivity contribution is -0.145. The van der Waals surface area contributed by atoms with Crippen molar-refractivity contribution in [2.24, 2.45) is 0 Å². The maximum Gasteiger partial charge on any atom is 0.225 e. The maximum absolute atomic E-state index is 12.7. The number of nitrogens with one attached hydrogen (secondary N) is 1. The summed E-state index contributed by atoms with van der Waals surface area (Å²) in [4.78, 5) is 23.1. The van der Waals surface area contributed by atoms with Gasteiger partial charge in [-0.3, -0.25) is 9.78 Å². The van der Waals surface area contributed by atoms with Crippen molar-refractivity contribution in [2.45, 2.75) is 50.2 Å². The lowest BCUT2D eigenvalue weighted by Crippen LogP contribution is -2.46. The topological polar surface area (TPSA) is 87.6 Å². The molecule has 24 heavy (non-hydrogen) atoms. The number of hydrogen-bond acceptors (Lipinski definition) is 6. The quantitative estimate of drug-likeness (QED) is 0.868. The van der Waals surface area contributed by atoms with E-state index in [0.29, 0.717) is 31.2 Å². The van der Waals surface area contributed by atoms with E-state index in [-0.39, 0.29) is 18.4 Å². The van der Waals surface area contributed by atoms with Crippen molar-refractivity contribution in [3.8, 4) is 0 Å². The van der Waals surface area contributed by atoms with Crippen LogP contribution in [0, 0.1) is 0 Å². The molecule has 1 atom stereocenters. The van der Waals surface area contributed by atoms with Gasteiger partial charge in [0.1, 0.15) is 17.6 Å². The van der Waals surface area contributed by atoms with Crippen molar-refractivity contribution in [3.63, 3.8) is 0 Å². The van der Waals surface area contributed by atoms with Crippen LogP contribution in [0.3, 0.4) is 0 Å². The zero-order valence-corrected chi connectivity index (χ0v) is 14.2. The van der Waals surface area contributed by atoms with Gasteiger partial charge in [0, 0.05) is 26.0 Å². The molecule has 0 aromatic carbocycles. The van der Waals surface area contributed by atoms with Crippen molar-refractivity contribution in [2.75, 3.05) is 32.1 Å². The summed E-state index contributed by atoms with van der Waals surface area (Å²) in [5.41, 5.74) is -0.111. The largest absolute Gasteiger partial charge is 0.389 e. The molecule has 2 fully saturated rings. The lowest BCUT2D eigenvalue weighted by atomic mass is 9.82. The fraction of sp³-hybridized carbons (Fsp3) is 0.706. The molecule has 1 saturated heterocycles. The van der Waals surface area contributed by atoms with Gasteiger partial charge in [-0.25, -0.2) is 4.98 Å². The molecule has 1 aromatic heterocycles. The Morgan fingerprint density at radius 1 is 1.38 bits per heavy atom. The van der Waals surface area contributed by atoms with Crippen LogP contribution in [0.4, 0.5) is 5.82 Å². The number of carbonyl (C=O) groups is 1. The summed E-state index contributed by atoms with van der Waals surface area (Å²) >= 11 is 0. The van der Waals surface area contributed by atoms with E-state index in [1.54, 1.807) is 24.3 Å². The van der Waals surface area contributed by atoms with E-state index in [4.69, 9.17) is 4.74 Å². The second-order valence-electron chi connectivity index (χ2n) is 6.70. The number of nitrogens with zero attached hydrogens (tertiary/aromatic N) is 3. The summed E-state index contributed by atoms with van der Waals surface area (Å²) in [5, 5.41) is 13.6. The van der Waals surface area contributed by atoms with Crippen LogP contribution in [0.1, 0.15) is 50.3 Å². The van der Waals surface area contributed by atoms with Crippen molar-refractivity contribution in [3.05, 3.63) is 18.1 Å². The van der Waals surface area contributed by atoms with E-state index in [2.05, 4.69) is 15.3 Å². The van der Waals surface area contributed by atoms with E-state index in [9.17, 15) is 9.90 Å². The van der Waals surface area contributed by atoms with Gasteiger partial charge in [-0.15, -0.1) is 0 Å². The number of rotatable bonds is 4. The number of morpholine rings is 1. The third-order valence-electron chi connectivity index (χ3n) is 4.95. The number of amides is 1. The van der Waals surface area contributed by atoms with Gasteiger partial charge in [0.05, 0.1) is 25.2 Å². The van der Waals surface area contributed by atoms with Crippen molar-refractivity contribution in [1.82, 2.24) is 14.9 Å². The summed E-state index contributed by atoms with van der Waals surface area (Å²) in [7, 11) is 1.79. The molecule has 2 heterocycles. The van der Waals surface area contributed by atoms with Crippen molar-refractivity contribution >= 4 is 11.7 Å². The number of ether oxygens (including phenoxy) is 1. The second-order valence-corrected chi connectivity index (χ2v) is 6.70.